The summed E-state index contributed by atoms with van der Waals surface area (Å²) in [4.78, 5) is 20.8. The molecule has 6 heteroatoms. The van der Waals surface area contributed by atoms with Crippen LogP contribution in [-0.4, -0.2) is 33.9 Å². The third-order valence-corrected chi connectivity index (χ3v) is 4.59. The molecule has 0 radical (unpaired) electrons. The molecular weight excluding hydrogens is 304 g/mol. The van der Waals surface area contributed by atoms with Gasteiger partial charge < -0.3 is 10.1 Å². The van der Waals surface area contributed by atoms with E-state index < -0.39 is 0 Å². The number of nitrogens with one attached hydrogen (secondary N) is 1. The van der Waals surface area contributed by atoms with E-state index in [1.54, 1.807) is 30.0 Å². The average Bonchev–Trinajstić information content (AvgIpc) is 3.29. The Morgan fingerprint density at radius 2 is 2.17 bits per heavy atom. The first-order valence-electron chi connectivity index (χ1n) is 7.93. The number of carbonyl (C=O) groups is 1. The number of methoxy groups -OCH3 is 1. The van der Waals surface area contributed by atoms with Crippen LogP contribution >= 0.6 is 0 Å². The Bertz CT molecular complexity index is 866. The SMILES string of the molecule is COc1ccccc1C1(CNC(=O)c2cn3cccnc3n2)CC1. The number of para-hydroxylation sites is 1. The topological polar surface area (TPSA) is 68.5 Å². The Hall–Kier alpha value is -2.89. The van der Waals surface area contributed by atoms with Crippen LogP contribution in [0.2, 0.25) is 0 Å². The highest BCUT2D eigenvalue weighted by Gasteiger charge is 2.46. The zero-order chi connectivity index (χ0) is 16.6. The second-order valence-corrected chi connectivity index (χ2v) is 6.12. The number of amides is 1. The first kappa shape index (κ1) is 14.7. The molecular formula is C18H18N4O2. The summed E-state index contributed by atoms with van der Waals surface area (Å²) >= 11 is 0. The highest BCUT2D eigenvalue weighted by molar-refractivity contribution is 5.92. The fourth-order valence-electron chi connectivity index (χ4n) is 3.05. The molecule has 0 atom stereocenters. The molecule has 1 aliphatic carbocycles. The number of imidazole rings is 1. The van der Waals surface area contributed by atoms with Crippen LogP contribution in [-0.2, 0) is 5.41 Å². The highest BCUT2D eigenvalue weighted by Crippen LogP contribution is 2.50. The largest absolute Gasteiger partial charge is 0.496 e. The number of benzene rings is 1. The van der Waals surface area contributed by atoms with Gasteiger partial charge in [-0.3, -0.25) is 9.20 Å². The molecule has 1 aromatic carbocycles. The van der Waals surface area contributed by atoms with E-state index in [2.05, 4.69) is 21.4 Å². The van der Waals surface area contributed by atoms with Crippen molar-refractivity contribution in [1.29, 1.82) is 0 Å². The third-order valence-electron chi connectivity index (χ3n) is 4.59. The fraction of sp³-hybridized carbons (Fsp3) is 0.278. The normalized spacial score (nSPS) is 15.2. The van der Waals surface area contributed by atoms with Crippen molar-refractivity contribution in [2.24, 2.45) is 0 Å². The number of fused-ring (bicyclic) bond motifs is 1. The van der Waals surface area contributed by atoms with Crippen molar-refractivity contribution in [2.45, 2.75) is 18.3 Å². The van der Waals surface area contributed by atoms with Gasteiger partial charge in [0.15, 0.2) is 0 Å². The van der Waals surface area contributed by atoms with Crippen molar-refractivity contribution in [3.05, 3.63) is 60.2 Å². The van der Waals surface area contributed by atoms with Crippen LogP contribution in [0.1, 0.15) is 28.9 Å². The lowest BCUT2D eigenvalue weighted by Gasteiger charge is -2.19. The van der Waals surface area contributed by atoms with Gasteiger partial charge in [0.1, 0.15) is 11.4 Å². The molecule has 2 aromatic heterocycles. The van der Waals surface area contributed by atoms with E-state index in [4.69, 9.17) is 4.74 Å². The minimum absolute atomic E-state index is 0.0281. The minimum Gasteiger partial charge on any atom is -0.496 e. The lowest BCUT2D eigenvalue weighted by atomic mass is 9.95. The van der Waals surface area contributed by atoms with Gasteiger partial charge in [-0.15, -0.1) is 0 Å². The second kappa shape index (κ2) is 5.63. The van der Waals surface area contributed by atoms with Crippen molar-refractivity contribution < 1.29 is 9.53 Å². The molecule has 0 spiro atoms. The smallest absolute Gasteiger partial charge is 0.271 e. The summed E-state index contributed by atoms with van der Waals surface area (Å²) in [6.07, 6.45) is 7.26. The molecule has 0 bridgehead atoms. The first-order chi connectivity index (χ1) is 11.7. The standard InChI is InChI=1S/C18H18N4O2/c1-24-15-6-3-2-5-13(15)18(7-8-18)12-20-16(23)14-11-22-10-4-9-19-17(22)21-14/h2-6,9-11H,7-8,12H2,1H3,(H,20,23). The minimum atomic E-state index is -0.179. The van der Waals surface area contributed by atoms with Gasteiger partial charge in [0.25, 0.3) is 5.91 Å². The van der Waals surface area contributed by atoms with Gasteiger partial charge in [-0.25, -0.2) is 9.97 Å². The summed E-state index contributed by atoms with van der Waals surface area (Å²) in [6.45, 7) is 0.577. The maximum atomic E-state index is 12.4. The molecule has 122 valence electrons. The van der Waals surface area contributed by atoms with Crippen LogP contribution in [0.15, 0.2) is 48.9 Å². The van der Waals surface area contributed by atoms with Crippen LogP contribution in [0.25, 0.3) is 5.78 Å². The van der Waals surface area contributed by atoms with Crippen LogP contribution in [0.4, 0.5) is 0 Å². The van der Waals surface area contributed by atoms with Crippen molar-refractivity contribution in [3.8, 4) is 5.75 Å². The molecule has 0 aliphatic heterocycles. The molecule has 4 rings (SSSR count). The number of nitrogens with zero attached hydrogens (tertiary/aromatic N) is 3. The summed E-state index contributed by atoms with van der Waals surface area (Å²) in [5.41, 5.74) is 1.51. The van der Waals surface area contributed by atoms with Gasteiger partial charge in [0.05, 0.1) is 7.11 Å². The maximum Gasteiger partial charge on any atom is 0.271 e. The Morgan fingerprint density at radius 1 is 1.33 bits per heavy atom. The van der Waals surface area contributed by atoms with Gasteiger partial charge in [-0.05, 0) is 25.0 Å². The van der Waals surface area contributed by atoms with E-state index in [-0.39, 0.29) is 11.3 Å². The Morgan fingerprint density at radius 3 is 2.92 bits per heavy atom. The van der Waals surface area contributed by atoms with E-state index in [1.165, 1.54) is 0 Å². The van der Waals surface area contributed by atoms with Gasteiger partial charge >= 0.3 is 0 Å². The Kier molecular flexibility index (Phi) is 3.45. The maximum absolute atomic E-state index is 12.4. The van der Waals surface area contributed by atoms with Crippen LogP contribution < -0.4 is 10.1 Å². The van der Waals surface area contributed by atoms with Crippen molar-refractivity contribution in [2.75, 3.05) is 13.7 Å². The van der Waals surface area contributed by atoms with E-state index in [9.17, 15) is 4.79 Å². The van der Waals surface area contributed by atoms with Crippen molar-refractivity contribution in [1.82, 2.24) is 19.7 Å². The number of ether oxygens (including phenoxy) is 1. The molecule has 2 heterocycles. The molecule has 1 fully saturated rings. The monoisotopic (exact) mass is 322 g/mol. The predicted octanol–water partition coefficient (Wildman–Crippen LogP) is 2.20. The van der Waals surface area contributed by atoms with Crippen LogP contribution in [0.3, 0.4) is 0 Å². The number of aromatic nitrogens is 3. The van der Waals surface area contributed by atoms with Gasteiger partial charge in [-0.1, -0.05) is 18.2 Å². The molecule has 0 unspecified atom stereocenters. The molecule has 1 saturated carbocycles. The fourth-order valence-corrected chi connectivity index (χ4v) is 3.05. The number of rotatable bonds is 5. The second-order valence-electron chi connectivity index (χ2n) is 6.12. The molecule has 6 nitrogen and oxygen atoms in total. The predicted molar refractivity (Wildman–Crippen MR) is 89.2 cm³/mol. The van der Waals surface area contributed by atoms with E-state index >= 15 is 0 Å². The van der Waals surface area contributed by atoms with Crippen LogP contribution in [0.5, 0.6) is 5.75 Å². The third kappa shape index (κ3) is 2.50. The Labute approximate surface area is 139 Å². The van der Waals surface area contributed by atoms with Gasteiger partial charge in [0, 0.05) is 36.1 Å². The van der Waals surface area contributed by atoms with Crippen molar-refractivity contribution in [3.63, 3.8) is 0 Å². The van der Waals surface area contributed by atoms with E-state index in [0.717, 1.165) is 24.2 Å². The molecule has 24 heavy (non-hydrogen) atoms. The number of hydrogen-bond acceptors (Lipinski definition) is 4. The summed E-state index contributed by atoms with van der Waals surface area (Å²) in [5, 5.41) is 3.01. The highest BCUT2D eigenvalue weighted by atomic mass is 16.5. The molecule has 3 aromatic rings. The van der Waals surface area contributed by atoms with E-state index in [1.807, 2.05) is 24.4 Å². The average molecular weight is 322 g/mol. The molecule has 1 N–H and O–H groups in total. The van der Waals surface area contributed by atoms with E-state index in [0.29, 0.717) is 18.0 Å². The molecule has 1 amide bonds. The summed E-state index contributed by atoms with van der Waals surface area (Å²) < 4.78 is 7.20. The van der Waals surface area contributed by atoms with Crippen LogP contribution in [0, 0.1) is 0 Å². The van der Waals surface area contributed by atoms with Gasteiger partial charge in [-0.2, -0.15) is 0 Å². The number of hydrogen-bond donors (Lipinski definition) is 1. The molecule has 1 aliphatic rings. The summed E-state index contributed by atoms with van der Waals surface area (Å²) in [7, 11) is 1.68. The quantitative estimate of drug-likeness (QED) is 0.782. The molecule has 0 saturated heterocycles. The Balaban J connectivity index is 1.51. The van der Waals surface area contributed by atoms with Crippen molar-refractivity contribution >= 4 is 11.7 Å². The lowest BCUT2D eigenvalue weighted by molar-refractivity contribution is 0.0945. The zero-order valence-electron chi connectivity index (χ0n) is 13.4. The summed E-state index contributed by atoms with van der Waals surface area (Å²) in [6, 6.07) is 9.81. The lowest BCUT2D eigenvalue weighted by Crippen LogP contribution is -2.32. The zero-order valence-corrected chi connectivity index (χ0v) is 13.4. The van der Waals surface area contributed by atoms with Gasteiger partial charge in [0.2, 0.25) is 5.78 Å². The summed E-state index contributed by atoms with van der Waals surface area (Å²) in [5.74, 6) is 1.22. The number of carbonyl (C=O) groups excluding carboxylic acids is 1. The first-order valence-corrected chi connectivity index (χ1v) is 7.93.